The third-order valence-corrected chi connectivity index (χ3v) is 1.36. The number of rotatable bonds is 0. The van der Waals surface area contributed by atoms with E-state index in [9.17, 15) is 9.59 Å². The molecule has 50 valence electrons. The zero-order valence-electron chi connectivity index (χ0n) is 5.39. The second-order valence-electron chi connectivity index (χ2n) is 2.12. The van der Waals surface area contributed by atoms with Gasteiger partial charge in [0.25, 0.3) is 0 Å². The molecule has 2 nitrogen and oxygen atoms in total. The fourth-order valence-corrected chi connectivity index (χ4v) is 0.852. The molecule has 0 heterocycles. The van der Waals surface area contributed by atoms with Crippen molar-refractivity contribution in [2.75, 3.05) is 0 Å². The zero-order valence-corrected chi connectivity index (χ0v) is 5.39. The minimum Gasteiger partial charge on any atom is -0.234 e. The minimum absolute atomic E-state index is 0.420. The van der Waals surface area contributed by atoms with E-state index < -0.39 is 0 Å². The van der Waals surface area contributed by atoms with E-state index in [1.54, 1.807) is 24.0 Å². The van der Waals surface area contributed by atoms with Gasteiger partial charge < -0.3 is 0 Å². The summed E-state index contributed by atoms with van der Waals surface area (Å²) < 4.78 is 0. The second kappa shape index (κ2) is 2.98. The van der Waals surface area contributed by atoms with Crippen LogP contribution in [0.2, 0.25) is 0 Å². The average Bonchev–Trinajstić information content (AvgIpc) is 2.05. The van der Waals surface area contributed by atoms with E-state index in [2.05, 4.69) is 0 Å². The molecule has 10 heavy (non-hydrogen) atoms. The highest BCUT2D eigenvalue weighted by Gasteiger charge is 2.05. The van der Waals surface area contributed by atoms with Gasteiger partial charge in [0.15, 0.2) is 0 Å². The molecule has 0 atom stereocenters. The van der Waals surface area contributed by atoms with E-state index >= 15 is 0 Å². The molecule has 0 amide bonds. The first-order valence-electron chi connectivity index (χ1n) is 3.00. The van der Waals surface area contributed by atoms with Gasteiger partial charge in [-0.05, 0) is 6.42 Å². The summed E-state index contributed by atoms with van der Waals surface area (Å²) >= 11 is 0. The highest BCUT2D eigenvalue weighted by Crippen LogP contribution is 2.16. The molecule has 0 saturated carbocycles. The molecule has 1 rings (SSSR count). The third kappa shape index (κ3) is 1.32. The van der Waals surface area contributed by atoms with Crippen molar-refractivity contribution in [3.05, 3.63) is 23.3 Å². The lowest BCUT2D eigenvalue weighted by atomic mass is 9.99. The van der Waals surface area contributed by atoms with Gasteiger partial charge in [-0.3, -0.25) is 0 Å². The molecular formula is C8H6O2. The molecular weight excluding hydrogens is 128 g/mol. The molecule has 0 unspecified atom stereocenters. The summed E-state index contributed by atoms with van der Waals surface area (Å²) in [6, 6.07) is 0. The molecule has 0 aromatic rings. The predicted octanol–water partition coefficient (Wildman–Crippen LogP) is 0.852. The van der Waals surface area contributed by atoms with Gasteiger partial charge in [0.2, 0.25) is 0 Å². The predicted molar refractivity (Wildman–Crippen MR) is 36.8 cm³/mol. The first-order valence-corrected chi connectivity index (χ1v) is 3.00. The zero-order chi connectivity index (χ0) is 7.40. The molecule has 0 aromatic heterocycles. The van der Waals surface area contributed by atoms with Gasteiger partial charge in [0.05, 0.1) is 0 Å². The Kier molecular flexibility index (Phi) is 2.01. The van der Waals surface area contributed by atoms with Crippen LogP contribution in [-0.2, 0) is 9.59 Å². The summed E-state index contributed by atoms with van der Waals surface area (Å²) in [7, 11) is 0. The maximum atomic E-state index is 10.1. The van der Waals surface area contributed by atoms with Gasteiger partial charge in [-0.25, -0.2) is 9.59 Å². The standard InChI is InChI=1S/C8H6O2/c9-5-7-2-1-3-8(4-7)6-10/h1-2H,3-4H2. The molecule has 1 aliphatic rings. The van der Waals surface area contributed by atoms with E-state index in [1.165, 1.54) is 0 Å². The van der Waals surface area contributed by atoms with Crippen molar-refractivity contribution in [2.45, 2.75) is 12.8 Å². The van der Waals surface area contributed by atoms with Crippen LogP contribution in [0.25, 0.3) is 0 Å². The van der Waals surface area contributed by atoms with Crippen LogP contribution in [0.3, 0.4) is 0 Å². The number of hydrogen-bond acceptors (Lipinski definition) is 2. The lowest BCUT2D eigenvalue weighted by molar-refractivity contribution is 0.564. The Morgan fingerprint density at radius 2 is 2.10 bits per heavy atom. The largest absolute Gasteiger partial charge is 0.234 e. The van der Waals surface area contributed by atoms with Crippen molar-refractivity contribution in [1.82, 2.24) is 0 Å². The Bertz CT molecular complexity index is 261. The molecule has 0 aliphatic heterocycles. The maximum Gasteiger partial charge on any atom is 0.128 e. The van der Waals surface area contributed by atoms with Crippen molar-refractivity contribution in [3.8, 4) is 0 Å². The number of carbonyl (C=O) groups excluding carboxylic acids is 2. The van der Waals surface area contributed by atoms with Gasteiger partial charge >= 0.3 is 0 Å². The van der Waals surface area contributed by atoms with Crippen LogP contribution >= 0.6 is 0 Å². The summed E-state index contributed by atoms with van der Waals surface area (Å²) in [5, 5.41) is 0. The average molecular weight is 134 g/mol. The van der Waals surface area contributed by atoms with E-state index in [0.717, 1.165) is 0 Å². The summed E-state index contributed by atoms with van der Waals surface area (Å²) in [6.07, 6.45) is 4.50. The lowest BCUT2D eigenvalue weighted by Crippen LogP contribution is -1.92. The third-order valence-electron chi connectivity index (χ3n) is 1.36. The van der Waals surface area contributed by atoms with Gasteiger partial charge in [0, 0.05) is 17.6 Å². The molecule has 0 saturated heterocycles. The van der Waals surface area contributed by atoms with Crippen LogP contribution in [0.4, 0.5) is 0 Å². The van der Waals surface area contributed by atoms with Crippen molar-refractivity contribution < 1.29 is 9.59 Å². The van der Waals surface area contributed by atoms with Crippen molar-refractivity contribution in [1.29, 1.82) is 0 Å². The lowest BCUT2D eigenvalue weighted by Gasteiger charge is -2.02. The van der Waals surface area contributed by atoms with Gasteiger partial charge in [-0.15, -0.1) is 0 Å². The molecule has 0 aromatic carbocycles. The summed E-state index contributed by atoms with van der Waals surface area (Å²) in [4.78, 5) is 20.1. The Balaban J connectivity index is 2.92. The second-order valence-corrected chi connectivity index (χ2v) is 2.12. The van der Waals surface area contributed by atoms with E-state index in [4.69, 9.17) is 0 Å². The molecule has 0 spiro atoms. The van der Waals surface area contributed by atoms with Gasteiger partial charge in [-0.1, -0.05) is 12.2 Å². The van der Waals surface area contributed by atoms with Crippen LogP contribution in [-0.4, -0.2) is 11.9 Å². The highest BCUT2D eigenvalue weighted by atomic mass is 16.1. The quantitative estimate of drug-likeness (QED) is 0.460. The summed E-state index contributed by atoms with van der Waals surface area (Å²) in [5.74, 6) is 3.53. The van der Waals surface area contributed by atoms with Gasteiger partial charge in [0.1, 0.15) is 11.9 Å². The first kappa shape index (κ1) is 6.76. The molecule has 1 aliphatic carbocycles. The van der Waals surface area contributed by atoms with Crippen LogP contribution < -0.4 is 0 Å². The Hall–Kier alpha value is -1.36. The normalized spacial score (nSPS) is 16.4. The van der Waals surface area contributed by atoms with Crippen molar-refractivity contribution >= 4 is 11.9 Å². The Morgan fingerprint density at radius 1 is 1.30 bits per heavy atom. The van der Waals surface area contributed by atoms with Crippen LogP contribution in [0.5, 0.6) is 0 Å². The fraction of sp³-hybridized carbons (Fsp3) is 0.250. The van der Waals surface area contributed by atoms with Gasteiger partial charge in [-0.2, -0.15) is 0 Å². The van der Waals surface area contributed by atoms with E-state index in [-0.39, 0.29) is 0 Å². The topological polar surface area (TPSA) is 34.1 Å². The van der Waals surface area contributed by atoms with E-state index in [1.807, 2.05) is 0 Å². The van der Waals surface area contributed by atoms with Crippen LogP contribution in [0.1, 0.15) is 12.8 Å². The van der Waals surface area contributed by atoms with Crippen molar-refractivity contribution in [2.24, 2.45) is 0 Å². The summed E-state index contributed by atoms with van der Waals surface area (Å²) in [6.45, 7) is 0. The number of allylic oxidation sites excluding steroid dienone is 4. The van der Waals surface area contributed by atoms with E-state index in [0.29, 0.717) is 24.0 Å². The monoisotopic (exact) mass is 134 g/mol. The summed E-state index contributed by atoms with van der Waals surface area (Å²) in [5.41, 5.74) is 1.16. The van der Waals surface area contributed by atoms with Crippen molar-refractivity contribution in [3.63, 3.8) is 0 Å². The smallest absolute Gasteiger partial charge is 0.128 e. The SMILES string of the molecule is O=C=C1C=CCC(=C=O)C1. The highest BCUT2D eigenvalue weighted by molar-refractivity contribution is 5.64. The van der Waals surface area contributed by atoms with Crippen LogP contribution in [0.15, 0.2) is 23.3 Å². The number of hydrogen-bond donors (Lipinski definition) is 0. The Morgan fingerprint density at radius 3 is 2.70 bits per heavy atom. The molecule has 0 radical (unpaired) electrons. The molecule has 0 fully saturated rings. The molecule has 0 N–H and O–H groups in total. The molecule has 0 bridgehead atoms. The minimum atomic E-state index is 0.420. The Labute approximate surface area is 58.5 Å². The first-order chi connectivity index (χ1) is 4.86. The maximum absolute atomic E-state index is 10.1. The fourth-order valence-electron chi connectivity index (χ4n) is 0.852. The van der Waals surface area contributed by atoms with Crippen LogP contribution in [0, 0.1) is 0 Å². The molecule has 2 heteroatoms.